The largest absolute Gasteiger partial charge is 0.391 e. The molecule has 0 amide bonds. The van der Waals surface area contributed by atoms with E-state index in [0.29, 0.717) is 0 Å². The number of aromatic nitrogens is 3. The Kier molecular flexibility index (Phi) is 4.80. The number of piperazine rings is 1. The van der Waals surface area contributed by atoms with E-state index in [0.717, 1.165) is 66.0 Å². The Bertz CT molecular complexity index is 900. The van der Waals surface area contributed by atoms with E-state index in [4.69, 9.17) is 21.7 Å². The first-order valence-corrected chi connectivity index (χ1v) is 9.34. The van der Waals surface area contributed by atoms with E-state index in [-0.39, 0.29) is 6.61 Å². The van der Waals surface area contributed by atoms with Gasteiger partial charge in [-0.15, -0.1) is 0 Å². The first kappa shape index (κ1) is 17.3. The number of aliphatic hydroxyl groups excluding tert-OH is 1. The molecular formula is C19H23ClN5O+. The summed E-state index contributed by atoms with van der Waals surface area (Å²) >= 11 is 6.02. The van der Waals surface area contributed by atoms with Gasteiger partial charge in [-0.2, -0.15) is 9.61 Å². The van der Waals surface area contributed by atoms with E-state index in [1.54, 1.807) is 0 Å². The molecule has 136 valence electrons. The highest BCUT2D eigenvalue weighted by Crippen LogP contribution is 2.28. The lowest BCUT2D eigenvalue weighted by Gasteiger charge is -2.33. The fourth-order valence-corrected chi connectivity index (χ4v) is 3.71. The van der Waals surface area contributed by atoms with E-state index in [9.17, 15) is 0 Å². The summed E-state index contributed by atoms with van der Waals surface area (Å²) in [4.78, 5) is 8.55. The molecule has 0 saturated carbocycles. The Morgan fingerprint density at radius 1 is 1.19 bits per heavy atom. The number of nitrogens with zero attached hydrogens (tertiary/aromatic N) is 4. The summed E-state index contributed by atoms with van der Waals surface area (Å²) in [6.45, 7) is 7.03. The minimum absolute atomic E-state index is 0.248. The minimum atomic E-state index is 0.248. The smallest absolute Gasteiger partial charge is 0.165 e. The lowest BCUT2D eigenvalue weighted by molar-refractivity contribution is -0.900. The highest BCUT2D eigenvalue weighted by atomic mass is 35.5. The number of anilines is 1. The molecule has 0 atom stereocenters. The topological polar surface area (TPSA) is 58.1 Å². The zero-order chi connectivity index (χ0) is 18.1. The molecule has 1 aliphatic rings. The fourth-order valence-electron chi connectivity index (χ4n) is 3.58. The summed E-state index contributed by atoms with van der Waals surface area (Å²) < 4.78 is 1.94. The molecule has 2 N–H and O–H groups in total. The van der Waals surface area contributed by atoms with Crippen molar-refractivity contribution >= 4 is 23.1 Å². The van der Waals surface area contributed by atoms with Crippen molar-refractivity contribution in [3.05, 3.63) is 47.2 Å². The number of hydrogen-bond acceptors (Lipinski definition) is 4. The quantitative estimate of drug-likeness (QED) is 0.719. The van der Waals surface area contributed by atoms with E-state index in [2.05, 4.69) is 16.1 Å². The van der Waals surface area contributed by atoms with Crippen LogP contribution >= 0.6 is 11.6 Å². The Morgan fingerprint density at radius 2 is 1.92 bits per heavy atom. The molecule has 6 nitrogen and oxygen atoms in total. The molecule has 2 aromatic heterocycles. The van der Waals surface area contributed by atoms with Crippen molar-refractivity contribution in [2.75, 3.05) is 44.2 Å². The van der Waals surface area contributed by atoms with Gasteiger partial charge in [0, 0.05) is 22.3 Å². The molecule has 1 saturated heterocycles. The van der Waals surface area contributed by atoms with Crippen LogP contribution in [0.3, 0.4) is 0 Å². The lowest BCUT2D eigenvalue weighted by Crippen LogP contribution is -3.15. The van der Waals surface area contributed by atoms with Gasteiger partial charge in [-0.05, 0) is 24.6 Å². The number of hydrogen-bond donors (Lipinski definition) is 2. The average molecular weight is 373 g/mol. The van der Waals surface area contributed by atoms with Crippen LogP contribution in [0, 0.1) is 6.92 Å². The summed E-state index contributed by atoms with van der Waals surface area (Å²) in [5.74, 6) is 1.08. The molecule has 26 heavy (non-hydrogen) atoms. The maximum atomic E-state index is 9.14. The standard InChI is InChI=1S/C19H22ClN5O/c1-14-12-18(24-8-6-23(7-9-24)10-11-26)25-19(22-14)17(13-21-25)15-2-4-16(20)5-3-15/h2-5,12-13,26H,6-11H2,1H3/p+1. The molecule has 4 rings (SSSR count). The molecule has 1 fully saturated rings. The highest BCUT2D eigenvalue weighted by Gasteiger charge is 2.23. The number of halogens is 1. The predicted molar refractivity (Wildman–Crippen MR) is 103 cm³/mol. The molecule has 0 bridgehead atoms. The first-order chi connectivity index (χ1) is 12.7. The van der Waals surface area contributed by atoms with Gasteiger partial charge in [-0.1, -0.05) is 23.7 Å². The summed E-state index contributed by atoms with van der Waals surface area (Å²) in [6.07, 6.45) is 1.88. The summed E-state index contributed by atoms with van der Waals surface area (Å²) in [5.41, 5.74) is 3.92. The Morgan fingerprint density at radius 3 is 2.62 bits per heavy atom. The van der Waals surface area contributed by atoms with Gasteiger partial charge in [-0.25, -0.2) is 4.98 Å². The van der Waals surface area contributed by atoms with Gasteiger partial charge in [0.2, 0.25) is 0 Å². The van der Waals surface area contributed by atoms with Crippen LogP contribution in [0.2, 0.25) is 5.02 Å². The van der Waals surface area contributed by atoms with Gasteiger partial charge in [0.25, 0.3) is 0 Å². The lowest BCUT2D eigenvalue weighted by atomic mass is 10.1. The van der Waals surface area contributed by atoms with Crippen LogP contribution in [0.25, 0.3) is 16.8 Å². The average Bonchev–Trinajstić information content (AvgIpc) is 3.06. The summed E-state index contributed by atoms with van der Waals surface area (Å²) in [7, 11) is 0. The Balaban J connectivity index is 1.70. The molecule has 0 aliphatic carbocycles. The van der Waals surface area contributed by atoms with Gasteiger partial charge < -0.3 is 14.9 Å². The predicted octanol–water partition coefficient (Wildman–Crippen LogP) is 1.06. The maximum Gasteiger partial charge on any atom is 0.165 e. The monoisotopic (exact) mass is 372 g/mol. The number of benzene rings is 1. The number of rotatable bonds is 4. The fraction of sp³-hybridized carbons (Fsp3) is 0.368. The van der Waals surface area contributed by atoms with Crippen molar-refractivity contribution in [3.63, 3.8) is 0 Å². The van der Waals surface area contributed by atoms with Gasteiger partial charge in [0.1, 0.15) is 12.4 Å². The molecule has 0 radical (unpaired) electrons. The van der Waals surface area contributed by atoms with Gasteiger partial charge >= 0.3 is 0 Å². The molecule has 7 heteroatoms. The van der Waals surface area contributed by atoms with Crippen molar-refractivity contribution in [3.8, 4) is 11.1 Å². The zero-order valence-electron chi connectivity index (χ0n) is 14.8. The molecule has 0 unspecified atom stereocenters. The van der Waals surface area contributed by atoms with E-state index in [1.165, 1.54) is 4.90 Å². The SMILES string of the molecule is Cc1cc(N2CC[NH+](CCO)CC2)n2ncc(-c3ccc(Cl)cc3)c2n1. The van der Waals surface area contributed by atoms with Crippen LogP contribution in [0.5, 0.6) is 0 Å². The van der Waals surface area contributed by atoms with E-state index < -0.39 is 0 Å². The van der Waals surface area contributed by atoms with Crippen LogP contribution in [0.1, 0.15) is 5.69 Å². The summed E-state index contributed by atoms with van der Waals surface area (Å²) in [5, 5.41) is 14.5. The van der Waals surface area contributed by atoms with Gasteiger partial charge in [0.05, 0.1) is 39.0 Å². The van der Waals surface area contributed by atoms with Crippen LogP contribution in [-0.4, -0.2) is 59.0 Å². The van der Waals surface area contributed by atoms with Crippen molar-refractivity contribution < 1.29 is 10.0 Å². The third-order valence-electron chi connectivity index (χ3n) is 5.00. The second-order valence-electron chi connectivity index (χ2n) is 6.77. The zero-order valence-corrected chi connectivity index (χ0v) is 15.6. The normalized spacial score (nSPS) is 15.7. The van der Waals surface area contributed by atoms with Gasteiger partial charge in [-0.3, -0.25) is 0 Å². The number of fused-ring (bicyclic) bond motifs is 1. The van der Waals surface area contributed by atoms with Crippen molar-refractivity contribution in [2.24, 2.45) is 0 Å². The van der Waals surface area contributed by atoms with Crippen molar-refractivity contribution in [1.29, 1.82) is 0 Å². The van der Waals surface area contributed by atoms with Crippen molar-refractivity contribution in [1.82, 2.24) is 14.6 Å². The van der Waals surface area contributed by atoms with Crippen LogP contribution < -0.4 is 9.80 Å². The molecule has 1 aliphatic heterocycles. The third kappa shape index (κ3) is 3.28. The van der Waals surface area contributed by atoms with Crippen LogP contribution in [0.4, 0.5) is 5.82 Å². The van der Waals surface area contributed by atoms with E-state index >= 15 is 0 Å². The molecule has 0 spiro atoms. The molecule has 3 heterocycles. The molecule has 1 aromatic carbocycles. The third-order valence-corrected chi connectivity index (χ3v) is 5.25. The summed E-state index contributed by atoms with van der Waals surface area (Å²) in [6, 6.07) is 9.88. The van der Waals surface area contributed by atoms with Crippen molar-refractivity contribution in [2.45, 2.75) is 6.92 Å². The molecule has 3 aromatic rings. The van der Waals surface area contributed by atoms with Crippen LogP contribution in [0.15, 0.2) is 36.5 Å². The van der Waals surface area contributed by atoms with E-state index in [1.807, 2.05) is 41.9 Å². The maximum absolute atomic E-state index is 9.14. The highest BCUT2D eigenvalue weighted by molar-refractivity contribution is 6.30. The number of nitrogens with one attached hydrogen (secondary N) is 1. The first-order valence-electron chi connectivity index (χ1n) is 8.96. The second-order valence-corrected chi connectivity index (χ2v) is 7.20. The van der Waals surface area contributed by atoms with Crippen LogP contribution in [-0.2, 0) is 0 Å². The minimum Gasteiger partial charge on any atom is -0.391 e. The Labute approximate surface area is 157 Å². The number of quaternary nitrogens is 1. The Hall–Kier alpha value is -2.15. The molecular weight excluding hydrogens is 350 g/mol. The number of aryl methyl sites for hydroxylation is 1. The second kappa shape index (κ2) is 7.23. The number of aliphatic hydroxyl groups is 1. The van der Waals surface area contributed by atoms with Gasteiger partial charge in [0.15, 0.2) is 5.65 Å².